The molecule has 2 fully saturated rings. The molecule has 23 heavy (non-hydrogen) atoms. The lowest BCUT2D eigenvalue weighted by Gasteiger charge is -2.27. The van der Waals surface area contributed by atoms with Crippen molar-refractivity contribution in [2.24, 2.45) is 0 Å². The molecule has 0 spiro atoms. The van der Waals surface area contributed by atoms with Gasteiger partial charge in [0.1, 0.15) is 11.4 Å². The van der Waals surface area contributed by atoms with Gasteiger partial charge in [-0.2, -0.15) is 0 Å². The normalized spacial score (nSPS) is 26.4. The van der Waals surface area contributed by atoms with Gasteiger partial charge in [-0.15, -0.1) is 6.58 Å². The molecule has 2 saturated heterocycles. The molecule has 5 nitrogen and oxygen atoms in total. The molecule has 0 N–H and O–H groups in total. The fraction of sp³-hybridized carbons (Fsp3) is 0.722. The first-order valence-corrected chi connectivity index (χ1v) is 8.83. The zero-order valence-electron chi connectivity index (χ0n) is 14.5. The van der Waals surface area contributed by atoms with Crippen molar-refractivity contribution >= 4 is 5.69 Å². The molecule has 128 valence electrons. The third-order valence-corrected chi connectivity index (χ3v) is 5.15. The second-order valence-electron chi connectivity index (χ2n) is 6.77. The van der Waals surface area contributed by atoms with E-state index >= 15 is 0 Å². The molecule has 2 aliphatic rings. The van der Waals surface area contributed by atoms with Crippen molar-refractivity contribution in [2.75, 3.05) is 37.7 Å². The summed E-state index contributed by atoms with van der Waals surface area (Å²) in [6.07, 6.45) is 7.08. The second-order valence-corrected chi connectivity index (χ2v) is 6.77. The van der Waals surface area contributed by atoms with Gasteiger partial charge in [0.15, 0.2) is 5.76 Å². The summed E-state index contributed by atoms with van der Waals surface area (Å²) in [5.74, 6) is 0.944. The van der Waals surface area contributed by atoms with Gasteiger partial charge in [0, 0.05) is 32.2 Å². The molecule has 0 radical (unpaired) electrons. The Morgan fingerprint density at radius 3 is 2.87 bits per heavy atom. The van der Waals surface area contributed by atoms with E-state index in [0.717, 1.165) is 44.1 Å². The van der Waals surface area contributed by atoms with E-state index in [4.69, 9.17) is 9.26 Å². The molecule has 0 bridgehead atoms. The van der Waals surface area contributed by atoms with Crippen LogP contribution in [0, 0.1) is 13.8 Å². The lowest BCUT2D eigenvalue weighted by Crippen LogP contribution is -2.35. The highest BCUT2D eigenvalue weighted by Gasteiger charge is 2.30. The van der Waals surface area contributed by atoms with Crippen LogP contribution in [0.2, 0.25) is 0 Å². The van der Waals surface area contributed by atoms with E-state index in [1.54, 1.807) is 0 Å². The Morgan fingerprint density at radius 1 is 1.26 bits per heavy atom. The molecule has 1 aromatic rings. The summed E-state index contributed by atoms with van der Waals surface area (Å²) in [5.41, 5.74) is 2.22. The Hall–Kier alpha value is -1.33. The molecular formula is C18H29N3O2. The first kappa shape index (κ1) is 16.5. The van der Waals surface area contributed by atoms with Crippen molar-refractivity contribution in [2.45, 2.75) is 51.7 Å². The van der Waals surface area contributed by atoms with E-state index in [9.17, 15) is 0 Å². The summed E-state index contributed by atoms with van der Waals surface area (Å²) >= 11 is 0. The van der Waals surface area contributed by atoms with Crippen LogP contribution in [0.3, 0.4) is 0 Å². The summed E-state index contributed by atoms with van der Waals surface area (Å²) < 4.78 is 11.2. The van der Waals surface area contributed by atoms with Crippen LogP contribution in [0.15, 0.2) is 17.2 Å². The lowest BCUT2D eigenvalue weighted by atomic mass is 10.1. The molecule has 0 saturated carbocycles. The van der Waals surface area contributed by atoms with Gasteiger partial charge in [0.25, 0.3) is 0 Å². The van der Waals surface area contributed by atoms with Gasteiger partial charge < -0.3 is 14.2 Å². The van der Waals surface area contributed by atoms with Gasteiger partial charge in [-0.1, -0.05) is 11.2 Å². The van der Waals surface area contributed by atoms with E-state index in [2.05, 4.69) is 21.5 Å². The van der Waals surface area contributed by atoms with Gasteiger partial charge in [-0.05, 0) is 39.5 Å². The summed E-state index contributed by atoms with van der Waals surface area (Å²) in [5, 5.41) is 4.11. The van der Waals surface area contributed by atoms with Gasteiger partial charge in [-0.3, -0.25) is 4.90 Å². The Labute approximate surface area is 139 Å². The van der Waals surface area contributed by atoms with Crippen molar-refractivity contribution in [1.82, 2.24) is 10.1 Å². The fourth-order valence-corrected chi connectivity index (χ4v) is 4.02. The van der Waals surface area contributed by atoms with Crippen molar-refractivity contribution in [3.63, 3.8) is 0 Å². The number of hydrogen-bond donors (Lipinski definition) is 0. The fourth-order valence-electron chi connectivity index (χ4n) is 4.02. The van der Waals surface area contributed by atoms with E-state index in [1.807, 2.05) is 19.9 Å². The van der Waals surface area contributed by atoms with Crippen LogP contribution in [-0.4, -0.2) is 55.0 Å². The van der Waals surface area contributed by atoms with Crippen molar-refractivity contribution in [3.05, 3.63) is 24.1 Å². The van der Waals surface area contributed by atoms with Crippen molar-refractivity contribution in [1.29, 1.82) is 0 Å². The quantitative estimate of drug-likeness (QED) is 0.781. The predicted molar refractivity (Wildman–Crippen MR) is 92.0 cm³/mol. The minimum atomic E-state index is 0.384. The molecule has 5 heteroatoms. The maximum atomic E-state index is 5.83. The highest BCUT2D eigenvalue weighted by Crippen LogP contribution is 2.29. The van der Waals surface area contributed by atoms with Crippen LogP contribution < -0.4 is 4.90 Å². The number of anilines is 1. The number of nitrogens with zero attached hydrogens (tertiary/aromatic N) is 3. The van der Waals surface area contributed by atoms with Crippen LogP contribution in [0.4, 0.5) is 5.69 Å². The number of ether oxygens (including phenoxy) is 1. The average molecular weight is 319 g/mol. The third-order valence-electron chi connectivity index (χ3n) is 5.15. The molecule has 3 heterocycles. The maximum absolute atomic E-state index is 5.83. The number of hydrogen-bond acceptors (Lipinski definition) is 5. The third kappa shape index (κ3) is 3.78. The number of rotatable bonds is 5. The maximum Gasteiger partial charge on any atom is 0.157 e. The SMILES string of the molecule is C=CCO[C@@H]1CCN(C2CCCN(c3c(C)noc3C)CC2)C1. The van der Waals surface area contributed by atoms with Crippen LogP contribution in [0.25, 0.3) is 0 Å². The standard InChI is InChI=1S/C18H29N3O2/c1-4-12-22-17-8-11-21(13-17)16-6-5-9-20(10-7-16)18-14(2)19-23-15(18)3/h4,16-17H,1,5-13H2,2-3H3/t16?,17-/m1/s1. The van der Waals surface area contributed by atoms with E-state index < -0.39 is 0 Å². The van der Waals surface area contributed by atoms with Gasteiger partial charge in [-0.25, -0.2) is 0 Å². The topological polar surface area (TPSA) is 41.7 Å². The summed E-state index contributed by atoms with van der Waals surface area (Å²) in [4.78, 5) is 5.09. The molecule has 0 amide bonds. The monoisotopic (exact) mass is 319 g/mol. The van der Waals surface area contributed by atoms with Crippen LogP contribution in [0.1, 0.15) is 37.1 Å². The minimum absolute atomic E-state index is 0.384. The van der Waals surface area contributed by atoms with Crippen LogP contribution >= 0.6 is 0 Å². The van der Waals surface area contributed by atoms with Gasteiger partial charge in [0.05, 0.1) is 12.7 Å². The molecule has 3 rings (SSSR count). The van der Waals surface area contributed by atoms with Crippen molar-refractivity contribution in [3.8, 4) is 0 Å². The number of aryl methyl sites for hydroxylation is 2. The first-order chi connectivity index (χ1) is 11.2. The largest absolute Gasteiger partial charge is 0.373 e. The Morgan fingerprint density at radius 2 is 2.13 bits per heavy atom. The van der Waals surface area contributed by atoms with E-state index in [0.29, 0.717) is 18.8 Å². The highest BCUT2D eigenvalue weighted by atomic mass is 16.5. The average Bonchev–Trinajstić information content (AvgIpc) is 3.06. The molecule has 0 aromatic carbocycles. The lowest BCUT2D eigenvalue weighted by molar-refractivity contribution is 0.0741. The smallest absolute Gasteiger partial charge is 0.157 e. The Balaban J connectivity index is 1.56. The number of aromatic nitrogens is 1. The molecule has 1 unspecified atom stereocenters. The second kappa shape index (κ2) is 7.49. The van der Waals surface area contributed by atoms with Gasteiger partial charge >= 0.3 is 0 Å². The predicted octanol–water partition coefficient (Wildman–Crippen LogP) is 2.93. The van der Waals surface area contributed by atoms with E-state index in [1.165, 1.54) is 24.9 Å². The number of likely N-dealkylation sites (tertiary alicyclic amines) is 1. The van der Waals surface area contributed by atoms with E-state index in [-0.39, 0.29) is 0 Å². The molecule has 0 aliphatic carbocycles. The summed E-state index contributed by atoms with van der Waals surface area (Å²) in [6.45, 7) is 12.9. The van der Waals surface area contributed by atoms with Crippen LogP contribution in [0.5, 0.6) is 0 Å². The molecule has 1 aromatic heterocycles. The summed E-state index contributed by atoms with van der Waals surface area (Å²) in [7, 11) is 0. The molecule has 2 atom stereocenters. The Kier molecular flexibility index (Phi) is 5.38. The van der Waals surface area contributed by atoms with Crippen LogP contribution in [-0.2, 0) is 4.74 Å². The first-order valence-electron chi connectivity index (χ1n) is 8.83. The zero-order chi connectivity index (χ0) is 16.2. The molecular weight excluding hydrogens is 290 g/mol. The zero-order valence-corrected chi connectivity index (χ0v) is 14.5. The molecule has 2 aliphatic heterocycles. The van der Waals surface area contributed by atoms with Crippen molar-refractivity contribution < 1.29 is 9.26 Å². The van der Waals surface area contributed by atoms with Gasteiger partial charge in [0.2, 0.25) is 0 Å². The highest BCUT2D eigenvalue weighted by molar-refractivity contribution is 5.52. The Bertz CT molecular complexity index is 509. The minimum Gasteiger partial charge on any atom is -0.373 e. The summed E-state index contributed by atoms with van der Waals surface area (Å²) in [6, 6.07) is 0.679.